The molecule has 1 aromatic heterocycles. The molecule has 1 fully saturated rings. The Morgan fingerprint density at radius 1 is 1.80 bits per heavy atom. The Morgan fingerprint density at radius 3 is 2.90 bits per heavy atom. The van der Waals surface area contributed by atoms with Crippen molar-refractivity contribution >= 4 is 0 Å². The van der Waals surface area contributed by atoms with E-state index in [1.807, 2.05) is 18.7 Å². The Hall–Kier alpha value is -0.830. The van der Waals surface area contributed by atoms with Crippen LogP contribution in [0.5, 0.6) is 0 Å². The van der Waals surface area contributed by atoms with Gasteiger partial charge in [0, 0.05) is 7.05 Å². The van der Waals surface area contributed by atoms with Crippen molar-refractivity contribution in [3.05, 3.63) is 17.5 Å². The third kappa shape index (κ3) is 0.827. The number of nitrogens with zero attached hydrogens (tertiary/aromatic N) is 2. The molecule has 1 aliphatic heterocycles. The molecule has 10 heavy (non-hydrogen) atoms. The highest BCUT2D eigenvalue weighted by Gasteiger charge is 2.27. The summed E-state index contributed by atoms with van der Waals surface area (Å²) in [7, 11) is 1.95. The van der Waals surface area contributed by atoms with Crippen molar-refractivity contribution in [1.82, 2.24) is 9.78 Å². The predicted octanol–water partition coefficient (Wildman–Crippen LogP) is 0.800. The monoisotopic (exact) mass is 138 g/mol. The lowest BCUT2D eigenvalue weighted by atomic mass is 10.3. The molecule has 0 bridgehead atoms. The third-order valence-corrected chi connectivity index (χ3v) is 1.70. The average Bonchev–Trinajstić information content (AvgIpc) is 2.61. The topological polar surface area (TPSA) is 30.4 Å². The summed E-state index contributed by atoms with van der Waals surface area (Å²) in [5.74, 6) is 0. The quantitative estimate of drug-likeness (QED) is 0.537. The molecule has 1 aliphatic rings. The standard InChI is InChI=1S/C7H10N2O/c1-5-3-6(7-4-10-7)9(2)8-5/h3,7H,4H2,1-2H3/t7-/m1/s1. The lowest BCUT2D eigenvalue weighted by Gasteiger charge is -1.92. The van der Waals surface area contributed by atoms with Crippen LogP contribution in [0, 0.1) is 6.92 Å². The van der Waals surface area contributed by atoms with Gasteiger partial charge in [0.15, 0.2) is 0 Å². The van der Waals surface area contributed by atoms with E-state index in [1.54, 1.807) is 0 Å². The highest BCUT2D eigenvalue weighted by molar-refractivity contribution is 5.14. The molecular formula is C7H10N2O. The van der Waals surface area contributed by atoms with Crippen molar-refractivity contribution in [3.8, 4) is 0 Å². The lowest BCUT2D eigenvalue weighted by molar-refractivity contribution is 0.404. The fourth-order valence-electron chi connectivity index (χ4n) is 1.15. The first kappa shape index (κ1) is 5.92. The Kier molecular flexibility index (Phi) is 1.08. The molecule has 54 valence electrons. The Morgan fingerprint density at radius 2 is 2.50 bits per heavy atom. The van der Waals surface area contributed by atoms with Crippen LogP contribution in [0.25, 0.3) is 0 Å². The molecule has 0 spiro atoms. The number of rotatable bonds is 1. The van der Waals surface area contributed by atoms with Gasteiger partial charge in [0.1, 0.15) is 6.10 Å². The molecule has 0 radical (unpaired) electrons. The Bertz CT molecular complexity index is 250. The minimum Gasteiger partial charge on any atom is -0.366 e. The first-order chi connectivity index (χ1) is 4.77. The van der Waals surface area contributed by atoms with Crippen LogP contribution >= 0.6 is 0 Å². The maximum absolute atomic E-state index is 5.13. The van der Waals surface area contributed by atoms with Gasteiger partial charge in [-0.2, -0.15) is 5.10 Å². The fourth-order valence-corrected chi connectivity index (χ4v) is 1.15. The van der Waals surface area contributed by atoms with Gasteiger partial charge >= 0.3 is 0 Å². The van der Waals surface area contributed by atoms with E-state index in [9.17, 15) is 0 Å². The van der Waals surface area contributed by atoms with Crippen molar-refractivity contribution in [3.63, 3.8) is 0 Å². The van der Waals surface area contributed by atoms with Gasteiger partial charge in [0.05, 0.1) is 18.0 Å². The van der Waals surface area contributed by atoms with Gasteiger partial charge in [0.2, 0.25) is 0 Å². The second-order valence-corrected chi connectivity index (χ2v) is 2.66. The van der Waals surface area contributed by atoms with E-state index >= 15 is 0 Å². The molecular weight excluding hydrogens is 128 g/mol. The van der Waals surface area contributed by atoms with Crippen LogP contribution in [-0.2, 0) is 11.8 Å². The number of epoxide rings is 1. The number of aryl methyl sites for hydroxylation is 2. The highest BCUT2D eigenvalue weighted by Crippen LogP contribution is 2.29. The van der Waals surface area contributed by atoms with Crippen LogP contribution in [0.2, 0.25) is 0 Å². The van der Waals surface area contributed by atoms with E-state index < -0.39 is 0 Å². The Balaban J connectivity index is 2.38. The first-order valence-electron chi connectivity index (χ1n) is 3.39. The molecule has 1 aromatic rings. The molecule has 0 unspecified atom stereocenters. The van der Waals surface area contributed by atoms with Gasteiger partial charge in [0.25, 0.3) is 0 Å². The summed E-state index contributed by atoms with van der Waals surface area (Å²) in [5.41, 5.74) is 2.26. The van der Waals surface area contributed by atoms with Crippen molar-refractivity contribution in [2.24, 2.45) is 7.05 Å². The highest BCUT2D eigenvalue weighted by atomic mass is 16.6. The second-order valence-electron chi connectivity index (χ2n) is 2.66. The van der Waals surface area contributed by atoms with E-state index in [2.05, 4.69) is 11.2 Å². The number of hydrogen-bond donors (Lipinski definition) is 0. The summed E-state index contributed by atoms with van der Waals surface area (Å²) in [6.07, 6.45) is 0.325. The van der Waals surface area contributed by atoms with E-state index in [1.165, 1.54) is 5.69 Å². The summed E-state index contributed by atoms with van der Waals surface area (Å²) < 4.78 is 7.01. The largest absolute Gasteiger partial charge is 0.366 e. The molecule has 0 aliphatic carbocycles. The molecule has 0 N–H and O–H groups in total. The van der Waals surface area contributed by atoms with E-state index in [0.717, 1.165) is 12.3 Å². The summed E-state index contributed by atoms with van der Waals surface area (Å²) >= 11 is 0. The molecule has 0 amide bonds. The van der Waals surface area contributed by atoms with Gasteiger partial charge < -0.3 is 4.74 Å². The predicted molar refractivity (Wildman–Crippen MR) is 36.6 cm³/mol. The summed E-state index contributed by atoms with van der Waals surface area (Å²) in [5, 5.41) is 4.21. The van der Waals surface area contributed by atoms with Crippen molar-refractivity contribution < 1.29 is 4.74 Å². The number of aromatic nitrogens is 2. The SMILES string of the molecule is Cc1cc([C@H]2CO2)n(C)n1. The van der Waals surface area contributed by atoms with Gasteiger partial charge in [-0.05, 0) is 13.0 Å². The van der Waals surface area contributed by atoms with E-state index in [4.69, 9.17) is 4.74 Å². The van der Waals surface area contributed by atoms with E-state index in [-0.39, 0.29) is 0 Å². The maximum Gasteiger partial charge on any atom is 0.122 e. The van der Waals surface area contributed by atoms with Crippen LogP contribution in [0.1, 0.15) is 17.5 Å². The Labute approximate surface area is 59.6 Å². The molecule has 2 rings (SSSR count). The average molecular weight is 138 g/mol. The molecule has 0 aromatic carbocycles. The summed E-state index contributed by atoms with van der Waals surface area (Å²) in [6, 6.07) is 2.07. The molecule has 1 saturated heterocycles. The number of ether oxygens (including phenoxy) is 1. The normalized spacial score (nSPS) is 23.2. The zero-order valence-electron chi connectivity index (χ0n) is 6.16. The van der Waals surface area contributed by atoms with Gasteiger partial charge in [-0.3, -0.25) is 4.68 Å². The summed E-state index contributed by atoms with van der Waals surface area (Å²) in [6.45, 7) is 2.85. The summed E-state index contributed by atoms with van der Waals surface area (Å²) in [4.78, 5) is 0. The minimum absolute atomic E-state index is 0.325. The van der Waals surface area contributed by atoms with Crippen LogP contribution in [0.3, 0.4) is 0 Å². The molecule has 3 heteroatoms. The molecule has 1 atom stereocenters. The minimum atomic E-state index is 0.325. The molecule has 3 nitrogen and oxygen atoms in total. The van der Waals surface area contributed by atoms with Gasteiger partial charge in [-0.1, -0.05) is 0 Å². The maximum atomic E-state index is 5.13. The molecule has 0 saturated carbocycles. The van der Waals surface area contributed by atoms with Crippen molar-refractivity contribution in [1.29, 1.82) is 0 Å². The van der Waals surface area contributed by atoms with Gasteiger partial charge in [-0.25, -0.2) is 0 Å². The smallest absolute Gasteiger partial charge is 0.122 e. The van der Waals surface area contributed by atoms with Crippen molar-refractivity contribution in [2.75, 3.05) is 6.61 Å². The van der Waals surface area contributed by atoms with Gasteiger partial charge in [-0.15, -0.1) is 0 Å². The van der Waals surface area contributed by atoms with Crippen LogP contribution in [0.15, 0.2) is 6.07 Å². The molecule has 2 heterocycles. The van der Waals surface area contributed by atoms with Crippen LogP contribution in [-0.4, -0.2) is 16.4 Å². The van der Waals surface area contributed by atoms with E-state index in [0.29, 0.717) is 6.10 Å². The van der Waals surface area contributed by atoms with Crippen LogP contribution in [0.4, 0.5) is 0 Å². The van der Waals surface area contributed by atoms with Crippen molar-refractivity contribution in [2.45, 2.75) is 13.0 Å². The zero-order chi connectivity index (χ0) is 7.14. The fraction of sp³-hybridized carbons (Fsp3) is 0.571. The first-order valence-corrected chi connectivity index (χ1v) is 3.39. The zero-order valence-corrected chi connectivity index (χ0v) is 6.16. The number of hydrogen-bond acceptors (Lipinski definition) is 2. The third-order valence-electron chi connectivity index (χ3n) is 1.70. The van der Waals surface area contributed by atoms with Crippen LogP contribution < -0.4 is 0 Å². The second kappa shape index (κ2) is 1.83. The lowest BCUT2D eigenvalue weighted by Crippen LogP contribution is -1.96.